The predicted octanol–water partition coefficient (Wildman–Crippen LogP) is 0.552. The number of fused-ring (bicyclic) bond motifs is 1. The number of aromatic nitrogens is 2. The second kappa shape index (κ2) is 5.10. The van der Waals surface area contributed by atoms with E-state index in [-0.39, 0.29) is 30.9 Å². The van der Waals surface area contributed by atoms with E-state index < -0.39 is 17.2 Å². The smallest absolute Gasteiger partial charge is 0.314 e. The third kappa shape index (κ3) is 2.19. The molecule has 0 aromatic carbocycles. The summed E-state index contributed by atoms with van der Waals surface area (Å²) in [6.45, 7) is 1.51. The zero-order valence-corrected chi connectivity index (χ0v) is 11.6. The lowest BCUT2D eigenvalue weighted by molar-refractivity contribution is -0.159. The van der Waals surface area contributed by atoms with Crippen molar-refractivity contribution >= 4 is 11.9 Å². The quantitative estimate of drug-likeness (QED) is 0.872. The van der Waals surface area contributed by atoms with Crippen LogP contribution in [0.1, 0.15) is 6.42 Å². The maximum absolute atomic E-state index is 13.4. The fraction of sp³-hybridized carbons (Fsp3) is 0.615. The lowest BCUT2D eigenvalue weighted by Crippen LogP contribution is -2.46. The molecule has 2 saturated heterocycles. The summed E-state index contributed by atoms with van der Waals surface area (Å²) >= 11 is 0. The van der Waals surface area contributed by atoms with Gasteiger partial charge in [-0.15, -0.1) is 0 Å². The normalized spacial score (nSPS) is 28.3. The van der Waals surface area contributed by atoms with Gasteiger partial charge in [0, 0.05) is 19.7 Å². The Morgan fingerprint density at radius 1 is 1.67 bits per heavy atom. The van der Waals surface area contributed by atoms with Gasteiger partial charge < -0.3 is 19.5 Å². The molecule has 1 N–H and O–H groups in total. The highest BCUT2D eigenvalue weighted by Crippen LogP contribution is 2.42. The highest BCUT2D eigenvalue weighted by Gasteiger charge is 2.54. The van der Waals surface area contributed by atoms with E-state index in [1.807, 2.05) is 0 Å². The third-order valence-electron chi connectivity index (χ3n) is 4.27. The number of carbonyl (C=O) groups is 1. The molecule has 0 spiro atoms. The molecule has 3 rings (SSSR count). The number of hydrogen-bond donors (Lipinski definition) is 1. The van der Waals surface area contributed by atoms with Crippen LogP contribution in [0.3, 0.4) is 0 Å². The first-order valence-electron chi connectivity index (χ1n) is 6.69. The largest absolute Gasteiger partial charge is 0.481 e. The molecule has 114 valence electrons. The van der Waals surface area contributed by atoms with Gasteiger partial charge in [-0.25, -0.2) is 4.98 Å². The van der Waals surface area contributed by atoms with E-state index in [0.717, 1.165) is 6.20 Å². The van der Waals surface area contributed by atoms with Gasteiger partial charge in [-0.05, 0) is 12.3 Å². The number of rotatable bonds is 3. The van der Waals surface area contributed by atoms with E-state index in [2.05, 4.69) is 9.97 Å². The number of ether oxygens (including phenoxy) is 2. The highest BCUT2D eigenvalue weighted by molar-refractivity contribution is 5.77. The van der Waals surface area contributed by atoms with Crippen LogP contribution in [0.5, 0.6) is 5.88 Å². The van der Waals surface area contributed by atoms with Gasteiger partial charge in [0.2, 0.25) is 11.8 Å². The molecule has 2 atom stereocenters. The van der Waals surface area contributed by atoms with Crippen molar-refractivity contribution in [2.24, 2.45) is 11.3 Å². The summed E-state index contributed by atoms with van der Waals surface area (Å²) in [5, 5.41) is 9.58. The fourth-order valence-corrected chi connectivity index (χ4v) is 3.08. The zero-order chi connectivity index (χ0) is 15.0. The van der Waals surface area contributed by atoms with Crippen molar-refractivity contribution in [2.45, 2.75) is 6.42 Å². The SMILES string of the molecule is COc1nc(N2C[C@@H]3CCOC[C@]3(C(=O)O)C2)ncc1F. The second-order valence-corrected chi connectivity index (χ2v) is 5.41. The van der Waals surface area contributed by atoms with Crippen LogP contribution in [0.2, 0.25) is 0 Å². The van der Waals surface area contributed by atoms with Crippen LogP contribution in [0, 0.1) is 17.2 Å². The average molecular weight is 297 g/mol. The molecule has 21 heavy (non-hydrogen) atoms. The summed E-state index contributed by atoms with van der Waals surface area (Å²) in [5.74, 6) is -1.40. The van der Waals surface area contributed by atoms with Gasteiger partial charge in [0.15, 0.2) is 0 Å². The van der Waals surface area contributed by atoms with Crippen LogP contribution in [0.4, 0.5) is 10.3 Å². The van der Waals surface area contributed by atoms with Gasteiger partial charge >= 0.3 is 5.97 Å². The lowest BCUT2D eigenvalue weighted by Gasteiger charge is -2.33. The molecule has 8 heteroatoms. The number of hydrogen-bond acceptors (Lipinski definition) is 6. The molecule has 0 saturated carbocycles. The number of aliphatic carboxylic acids is 1. The molecular formula is C13H16FN3O4. The summed E-state index contributed by atoms with van der Waals surface area (Å²) < 4.78 is 23.6. The van der Waals surface area contributed by atoms with E-state index in [9.17, 15) is 14.3 Å². The Hall–Kier alpha value is -1.96. The molecule has 0 bridgehead atoms. The van der Waals surface area contributed by atoms with Crippen LogP contribution < -0.4 is 9.64 Å². The Morgan fingerprint density at radius 3 is 3.14 bits per heavy atom. The molecule has 1 aromatic rings. The number of anilines is 1. The molecule has 7 nitrogen and oxygen atoms in total. The minimum atomic E-state index is -0.941. The van der Waals surface area contributed by atoms with Crippen molar-refractivity contribution in [1.29, 1.82) is 0 Å². The molecule has 2 fully saturated rings. The summed E-state index contributed by atoms with van der Waals surface area (Å²) in [5.41, 5.74) is -0.941. The van der Waals surface area contributed by atoms with Crippen molar-refractivity contribution in [3.8, 4) is 5.88 Å². The van der Waals surface area contributed by atoms with Crippen LogP contribution in [-0.4, -0.2) is 54.5 Å². The van der Waals surface area contributed by atoms with Crippen LogP contribution in [0.15, 0.2) is 6.20 Å². The van der Waals surface area contributed by atoms with E-state index in [1.54, 1.807) is 4.90 Å². The van der Waals surface area contributed by atoms with Gasteiger partial charge in [-0.1, -0.05) is 0 Å². The molecule has 0 radical (unpaired) electrons. The van der Waals surface area contributed by atoms with Gasteiger partial charge in [0.05, 0.1) is 19.9 Å². The summed E-state index contributed by atoms with van der Waals surface area (Å²) in [6, 6.07) is 0. The van der Waals surface area contributed by atoms with E-state index in [1.165, 1.54) is 7.11 Å². The van der Waals surface area contributed by atoms with Gasteiger partial charge in [0.1, 0.15) is 5.41 Å². The first-order valence-corrected chi connectivity index (χ1v) is 6.69. The van der Waals surface area contributed by atoms with Crippen molar-refractivity contribution in [3.05, 3.63) is 12.0 Å². The van der Waals surface area contributed by atoms with Crippen molar-refractivity contribution < 1.29 is 23.8 Å². The Kier molecular flexibility index (Phi) is 3.40. The van der Waals surface area contributed by atoms with Crippen LogP contribution >= 0.6 is 0 Å². The maximum Gasteiger partial charge on any atom is 0.314 e. The van der Waals surface area contributed by atoms with Crippen molar-refractivity contribution in [2.75, 3.05) is 38.3 Å². The standard InChI is InChI=1S/C13H16FN3O4/c1-20-10-9(14)4-15-12(16-10)17-5-8-2-3-21-7-13(8,6-17)11(18)19/h4,8H,2-3,5-7H2,1H3,(H,18,19)/t8-,13+/m0/s1. The highest BCUT2D eigenvalue weighted by atomic mass is 19.1. The van der Waals surface area contributed by atoms with Crippen molar-refractivity contribution in [1.82, 2.24) is 9.97 Å². The monoisotopic (exact) mass is 297 g/mol. The van der Waals surface area contributed by atoms with Gasteiger partial charge in [-0.2, -0.15) is 9.37 Å². The molecule has 2 aliphatic heterocycles. The molecule has 0 unspecified atom stereocenters. The first-order chi connectivity index (χ1) is 10.1. The first kappa shape index (κ1) is 14.0. The van der Waals surface area contributed by atoms with Gasteiger partial charge in [-0.3, -0.25) is 4.79 Å². The Bertz CT molecular complexity index is 570. The van der Waals surface area contributed by atoms with Crippen molar-refractivity contribution in [3.63, 3.8) is 0 Å². The summed E-state index contributed by atoms with van der Waals surface area (Å²) in [4.78, 5) is 21.4. The number of nitrogens with zero attached hydrogens (tertiary/aromatic N) is 3. The lowest BCUT2D eigenvalue weighted by atomic mass is 9.76. The molecular weight excluding hydrogens is 281 g/mol. The Balaban J connectivity index is 1.90. The summed E-state index contributed by atoms with van der Waals surface area (Å²) in [6.07, 6.45) is 1.72. The molecule has 3 heterocycles. The second-order valence-electron chi connectivity index (χ2n) is 5.41. The average Bonchev–Trinajstić information content (AvgIpc) is 2.88. The molecule has 0 amide bonds. The Labute approximate surface area is 120 Å². The summed E-state index contributed by atoms with van der Waals surface area (Å²) in [7, 11) is 1.32. The number of carboxylic acid groups (broad SMARTS) is 1. The van der Waals surface area contributed by atoms with Crippen LogP contribution in [-0.2, 0) is 9.53 Å². The fourth-order valence-electron chi connectivity index (χ4n) is 3.08. The minimum Gasteiger partial charge on any atom is -0.481 e. The maximum atomic E-state index is 13.4. The Morgan fingerprint density at radius 2 is 2.48 bits per heavy atom. The predicted molar refractivity (Wildman–Crippen MR) is 69.7 cm³/mol. The molecule has 0 aliphatic carbocycles. The van der Waals surface area contributed by atoms with E-state index in [0.29, 0.717) is 19.6 Å². The molecule has 2 aliphatic rings. The number of halogens is 1. The van der Waals surface area contributed by atoms with E-state index in [4.69, 9.17) is 9.47 Å². The molecule has 1 aromatic heterocycles. The number of methoxy groups -OCH3 is 1. The van der Waals surface area contributed by atoms with E-state index >= 15 is 0 Å². The minimum absolute atomic E-state index is 0.0246. The van der Waals surface area contributed by atoms with Gasteiger partial charge in [0.25, 0.3) is 5.88 Å². The number of carboxylic acids is 1. The van der Waals surface area contributed by atoms with Crippen LogP contribution in [0.25, 0.3) is 0 Å². The zero-order valence-electron chi connectivity index (χ0n) is 11.6. The third-order valence-corrected chi connectivity index (χ3v) is 4.27. The topological polar surface area (TPSA) is 84.8 Å².